The Hall–Kier alpha value is -1.45. The molecule has 0 spiro atoms. The zero-order valence-corrected chi connectivity index (χ0v) is 8.19. The molecule has 0 aliphatic heterocycles. The summed E-state index contributed by atoms with van der Waals surface area (Å²) >= 11 is 0. The minimum absolute atomic E-state index is 0.311. The lowest BCUT2D eigenvalue weighted by Gasteiger charge is -2.28. The fourth-order valence-corrected chi connectivity index (χ4v) is 1.74. The smallest absolute Gasteiger partial charge is 0.354 e. The molecule has 2 N–H and O–H groups in total. The van der Waals surface area contributed by atoms with Crippen molar-refractivity contribution in [3.05, 3.63) is 18.0 Å². The maximum atomic E-state index is 11.4. The van der Waals surface area contributed by atoms with Crippen LogP contribution in [-0.4, -0.2) is 17.6 Å². The summed E-state index contributed by atoms with van der Waals surface area (Å²) in [6.45, 7) is 0. The number of anilines is 1. The number of methoxy groups -OCH3 is 1. The third-order valence-electron chi connectivity index (χ3n) is 2.73. The Morgan fingerprint density at radius 1 is 1.64 bits per heavy atom. The molecule has 1 aliphatic carbocycles. The maximum absolute atomic E-state index is 11.4. The maximum Gasteiger partial charge on any atom is 0.354 e. The molecule has 0 radical (unpaired) electrons. The number of nitrogens with two attached hydrogens (primary N) is 1. The summed E-state index contributed by atoms with van der Waals surface area (Å²) in [5.74, 6) is -0.311. The van der Waals surface area contributed by atoms with Gasteiger partial charge in [-0.05, 0) is 25.3 Å². The molecule has 0 aromatic carbocycles. The number of rotatable bonds is 2. The predicted octanol–water partition coefficient (Wildman–Crippen LogP) is 1.58. The summed E-state index contributed by atoms with van der Waals surface area (Å²) in [6, 6.07) is 2.10. The van der Waals surface area contributed by atoms with E-state index in [1.807, 2.05) is 10.8 Å². The van der Waals surface area contributed by atoms with Gasteiger partial charge < -0.3 is 15.0 Å². The number of hydrogen-bond acceptors (Lipinski definition) is 3. The van der Waals surface area contributed by atoms with Crippen molar-refractivity contribution >= 4 is 11.7 Å². The van der Waals surface area contributed by atoms with Gasteiger partial charge >= 0.3 is 5.97 Å². The zero-order valence-electron chi connectivity index (χ0n) is 8.19. The molecule has 0 bridgehead atoms. The van der Waals surface area contributed by atoms with Crippen LogP contribution >= 0.6 is 0 Å². The summed E-state index contributed by atoms with van der Waals surface area (Å²) in [5, 5.41) is 0. The molecule has 1 aliphatic rings. The number of hydrogen-bond donors (Lipinski definition) is 1. The first-order valence-corrected chi connectivity index (χ1v) is 4.78. The Morgan fingerprint density at radius 3 is 2.86 bits per heavy atom. The lowest BCUT2D eigenvalue weighted by molar-refractivity contribution is 0.0582. The number of carbonyl (C=O) groups excluding carboxylic acids is 1. The van der Waals surface area contributed by atoms with E-state index in [1.54, 1.807) is 6.07 Å². The molecule has 76 valence electrons. The van der Waals surface area contributed by atoms with Gasteiger partial charge in [-0.25, -0.2) is 4.79 Å². The summed E-state index contributed by atoms with van der Waals surface area (Å²) < 4.78 is 6.63. The van der Waals surface area contributed by atoms with E-state index in [2.05, 4.69) is 0 Å². The van der Waals surface area contributed by atoms with Crippen molar-refractivity contribution in [1.29, 1.82) is 0 Å². The van der Waals surface area contributed by atoms with E-state index in [-0.39, 0.29) is 5.97 Å². The number of ether oxygens (including phenoxy) is 1. The fraction of sp³-hybridized carbons (Fsp3) is 0.500. The SMILES string of the molecule is COC(=O)c1cc(N)cn1C1CCC1. The van der Waals surface area contributed by atoms with Gasteiger partial charge in [0.1, 0.15) is 5.69 Å². The highest BCUT2D eigenvalue weighted by Crippen LogP contribution is 2.33. The van der Waals surface area contributed by atoms with Crippen LogP contribution in [0.4, 0.5) is 5.69 Å². The highest BCUT2D eigenvalue weighted by atomic mass is 16.5. The first kappa shape index (κ1) is 9.12. The first-order valence-electron chi connectivity index (χ1n) is 4.78. The van der Waals surface area contributed by atoms with Crippen LogP contribution in [0.25, 0.3) is 0 Å². The summed E-state index contributed by atoms with van der Waals surface area (Å²) in [4.78, 5) is 11.4. The van der Waals surface area contributed by atoms with Crippen molar-refractivity contribution in [2.24, 2.45) is 0 Å². The van der Waals surface area contributed by atoms with E-state index in [9.17, 15) is 4.79 Å². The van der Waals surface area contributed by atoms with Crippen LogP contribution < -0.4 is 5.73 Å². The quantitative estimate of drug-likeness (QED) is 0.727. The largest absolute Gasteiger partial charge is 0.464 e. The molecule has 2 rings (SSSR count). The minimum atomic E-state index is -0.311. The monoisotopic (exact) mass is 194 g/mol. The molecule has 0 amide bonds. The Bertz CT molecular complexity index is 353. The summed E-state index contributed by atoms with van der Waals surface area (Å²) in [7, 11) is 1.39. The van der Waals surface area contributed by atoms with Crippen LogP contribution in [0.1, 0.15) is 35.8 Å². The zero-order chi connectivity index (χ0) is 10.1. The van der Waals surface area contributed by atoms with Gasteiger partial charge in [-0.1, -0.05) is 0 Å². The van der Waals surface area contributed by atoms with Crippen LogP contribution in [0.2, 0.25) is 0 Å². The van der Waals surface area contributed by atoms with Crippen molar-refractivity contribution in [2.45, 2.75) is 25.3 Å². The Labute approximate surface area is 82.6 Å². The van der Waals surface area contributed by atoms with Crippen molar-refractivity contribution < 1.29 is 9.53 Å². The van der Waals surface area contributed by atoms with Gasteiger partial charge in [-0.15, -0.1) is 0 Å². The van der Waals surface area contributed by atoms with Gasteiger partial charge in [0.25, 0.3) is 0 Å². The number of nitrogens with zero attached hydrogens (tertiary/aromatic N) is 1. The van der Waals surface area contributed by atoms with Crippen LogP contribution in [0.15, 0.2) is 12.3 Å². The molecule has 1 saturated carbocycles. The molecule has 4 nitrogen and oxygen atoms in total. The molecule has 14 heavy (non-hydrogen) atoms. The van der Waals surface area contributed by atoms with Gasteiger partial charge in [-0.3, -0.25) is 0 Å². The second-order valence-corrected chi connectivity index (χ2v) is 3.64. The first-order chi connectivity index (χ1) is 6.72. The van der Waals surface area contributed by atoms with Gasteiger partial charge in [-0.2, -0.15) is 0 Å². The van der Waals surface area contributed by atoms with E-state index < -0.39 is 0 Å². The number of aromatic nitrogens is 1. The predicted molar refractivity (Wildman–Crippen MR) is 53.1 cm³/mol. The van der Waals surface area contributed by atoms with E-state index in [1.165, 1.54) is 13.5 Å². The van der Waals surface area contributed by atoms with Crippen molar-refractivity contribution in [3.63, 3.8) is 0 Å². The highest BCUT2D eigenvalue weighted by molar-refractivity contribution is 5.89. The summed E-state index contributed by atoms with van der Waals surface area (Å²) in [6.07, 6.45) is 5.29. The Balaban J connectivity index is 2.32. The van der Waals surface area contributed by atoms with Crippen molar-refractivity contribution in [1.82, 2.24) is 4.57 Å². The van der Waals surface area contributed by atoms with E-state index in [4.69, 9.17) is 10.5 Å². The van der Waals surface area contributed by atoms with Gasteiger partial charge in [0.2, 0.25) is 0 Å². The van der Waals surface area contributed by atoms with Crippen LogP contribution in [0, 0.1) is 0 Å². The second-order valence-electron chi connectivity index (χ2n) is 3.64. The van der Waals surface area contributed by atoms with Gasteiger partial charge in [0.05, 0.1) is 12.8 Å². The molecular weight excluding hydrogens is 180 g/mol. The van der Waals surface area contributed by atoms with Gasteiger partial charge in [0.15, 0.2) is 0 Å². The molecule has 4 heteroatoms. The standard InChI is InChI=1S/C10H14N2O2/c1-14-10(13)9-5-7(11)6-12(9)8-3-2-4-8/h5-6,8H,2-4,11H2,1H3. The van der Waals surface area contributed by atoms with E-state index in [0.717, 1.165) is 12.8 Å². The molecule has 0 unspecified atom stereocenters. The molecule has 0 atom stereocenters. The fourth-order valence-electron chi connectivity index (χ4n) is 1.74. The van der Waals surface area contributed by atoms with Crippen molar-refractivity contribution in [3.8, 4) is 0 Å². The molecule has 1 fully saturated rings. The van der Waals surface area contributed by atoms with E-state index in [0.29, 0.717) is 17.4 Å². The van der Waals surface area contributed by atoms with E-state index >= 15 is 0 Å². The molecule has 1 aromatic heterocycles. The molecule has 1 aromatic rings. The second kappa shape index (κ2) is 3.36. The number of nitrogen functional groups attached to an aromatic ring is 1. The van der Waals surface area contributed by atoms with Crippen LogP contribution in [0.3, 0.4) is 0 Å². The lowest BCUT2D eigenvalue weighted by Crippen LogP contribution is -2.20. The number of carbonyl (C=O) groups is 1. The highest BCUT2D eigenvalue weighted by Gasteiger charge is 2.24. The van der Waals surface area contributed by atoms with Crippen LogP contribution in [0.5, 0.6) is 0 Å². The molecule has 0 saturated heterocycles. The Kier molecular flexibility index (Phi) is 2.19. The third-order valence-corrected chi connectivity index (χ3v) is 2.73. The molecule has 1 heterocycles. The lowest BCUT2D eigenvalue weighted by atomic mass is 9.93. The average molecular weight is 194 g/mol. The topological polar surface area (TPSA) is 57.2 Å². The average Bonchev–Trinajstić information content (AvgIpc) is 2.43. The third kappa shape index (κ3) is 1.36. The Morgan fingerprint density at radius 2 is 2.36 bits per heavy atom. The number of esters is 1. The van der Waals surface area contributed by atoms with Crippen LogP contribution in [-0.2, 0) is 4.74 Å². The van der Waals surface area contributed by atoms with Crippen molar-refractivity contribution in [2.75, 3.05) is 12.8 Å². The minimum Gasteiger partial charge on any atom is -0.464 e. The normalized spacial score (nSPS) is 16.4. The van der Waals surface area contributed by atoms with Gasteiger partial charge in [0, 0.05) is 12.2 Å². The summed E-state index contributed by atoms with van der Waals surface area (Å²) in [5.41, 5.74) is 6.85. The molecular formula is C10H14N2O2.